The van der Waals surface area contributed by atoms with Crippen LogP contribution in [0.3, 0.4) is 0 Å². The van der Waals surface area contributed by atoms with Crippen LogP contribution < -0.4 is 10.1 Å². The van der Waals surface area contributed by atoms with Crippen molar-refractivity contribution in [3.63, 3.8) is 0 Å². The third-order valence-electron chi connectivity index (χ3n) is 3.85. The standard InChI is InChI=1S/C17H18ClF2N3O2/c18-13-8-11(2-5-14(13)25-10-15(19)20)9-23-7-1-6-21-17(23)22-16(24)12-3-4-12/h1-2,5-8,12,15,17H,3-4,9-10H2,(H,22,24). The highest BCUT2D eigenvalue weighted by Crippen LogP contribution is 2.29. The highest BCUT2D eigenvalue weighted by molar-refractivity contribution is 6.32. The second-order valence-corrected chi connectivity index (χ2v) is 6.34. The molecule has 1 aromatic rings. The molecule has 1 fully saturated rings. The van der Waals surface area contributed by atoms with E-state index in [1.807, 2.05) is 11.1 Å². The quantitative estimate of drug-likeness (QED) is 0.803. The van der Waals surface area contributed by atoms with E-state index in [2.05, 4.69) is 10.3 Å². The number of aliphatic imine (C=N–C) groups is 1. The summed E-state index contributed by atoms with van der Waals surface area (Å²) < 4.78 is 29.4. The van der Waals surface area contributed by atoms with Crippen molar-refractivity contribution in [2.75, 3.05) is 6.61 Å². The van der Waals surface area contributed by atoms with Crippen LogP contribution in [0, 0.1) is 5.92 Å². The van der Waals surface area contributed by atoms with Gasteiger partial charge in [0.05, 0.1) is 5.02 Å². The lowest BCUT2D eigenvalue weighted by Gasteiger charge is -2.30. The lowest BCUT2D eigenvalue weighted by atomic mass is 10.2. The number of amides is 1. The van der Waals surface area contributed by atoms with Crippen LogP contribution in [0.15, 0.2) is 35.5 Å². The summed E-state index contributed by atoms with van der Waals surface area (Å²) in [5.41, 5.74) is 0.849. The topological polar surface area (TPSA) is 53.9 Å². The molecule has 0 radical (unpaired) electrons. The number of nitrogens with one attached hydrogen (secondary N) is 1. The maximum absolute atomic E-state index is 12.2. The predicted molar refractivity (Wildman–Crippen MR) is 90.8 cm³/mol. The van der Waals surface area contributed by atoms with E-state index >= 15 is 0 Å². The minimum absolute atomic E-state index is 0.0104. The zero-order chi connectivity index (χ0) is 17.8. The first-order valence-electron chi connectivity index (χ1n) is 7.98. The Morgan fingerprint density at radius 3 is 2.92 bits per heavy atom. The predicted octanol–water partition coefficient (Wildman–Crippen LogP) is 3.19. The van der Waals surface area contributed by atoms with Crippen molar-refractivity contribution < 1.29 is 18.3 Å². The van der Waals surface area contributed by atoms with Crippen LogP contribution in [0.5, 0.6) is 5.75 Å². The Morgan fingerprint density at radius 2 is 2.24 bits per heavy atom. The number of hydrogen-bond donors (Lipinski definition) is 1. The molecule has 1 saturated carbocycles. The van der Waals surface area contributed by atoms with Crippen LogP contribution in [0.2, 0.25) is 5.02 Å². The Hall–Kier alpha value is -2.15. The summed E-state index contributed by atoms with van der Waals surface area (Å²) >= 11 is 6.10. The van der Waals surface area contributed by atoms with Crippen molar-refractivity contribution in [3.05, 3.63) is 41.1 Å². The van der Waals surface area contributed by atoms with Crippen LogP contribution in [0.1, 0.15) is 18.4 Å². The molecule has 2 aliphatic rings. The van der Waals surface area contributed by atoms with Crippen LogP contribution >= 0.6 is 11.6 Å². The SMILES string of the molecule is O=C(NC1N=CC=CN1Cc1ccc(OCC(F)F)c(Cl)c1)C1CC1. The van der Waals surface area contributed by atoms with E-state index in [0.717, 1.165) is 18.4 Å². The molecule has 0 spiro atoms. The average Bonchev–Trinajstić information content (AvgIpc) is 3.41. The average molecular weight is 370 g/mol. The Labute approximate surface area is 149 Å². The molecule has 25 heavy (non-hydrogen) atoms. The summed E-state index contributed by atoms with van der Waals surface area (Å²) in [6, 6.07) is 4.97. The van der Waals surface area contributed by atoms with Crippen LogP contribution in [-0.2, 0) is 11.3 Å². The number of ether oxygens (including phenoxy) is 1. The van der Waals surface area contributed by atoms with Crippen LogP contribution in [-0.4, -0.2) is 36.3 Å². The van der Waals surface area contributed by atoms with Crippen molar-refractivity contribution in [2.45, 2.75) is 32.1 Å². The maximum Gasteiger partial charge on any atom is 0.272 e. The van der Waals surface area contributed by atoms with E-state index in [4.69, 9.17) is 16.3 Å². The first-order chi connectivity index (χ1) is 12.0. The zero-order valence-corrected chi connectivity index (χ0v) is 14.1. The van der Waals surface area contributed by atoms with Crippen molar-refractivity contribution in [1.29, 1.82) is 0 Å². The lowest BCUT2D eigenvalue weighted by Crippen LogP contribution is -2.45. The number of alkyl halides is 2. The molecule has 0 bridgehead atoms. The smallest absolute Gasteiger partial charge is 0.272 e. The molecular weight excluding hydrogens is 352 g/mol. The summed E-state index contributed by atoms with van der Waals surface area (Å²) in [5.74, 6) is 0.330. The maximum atomic E-state index is 12.2. The van der Waals surface area contributed by atoms with E-state index in [1.165, 1.54) is 0 Å². The van der Waals surface area contributed by atoms with Crippen molar-refractivity contribution in [3.8, 4) is 5.75 Å². The van der Waals surface area contributed by atoms with Gasteiger partial charge in [0.25, 0.3) is 6.43 Å². The third kappa shape index (κ3) is 4.92. The molecule has 5 nitrogen and oxygen atoms in total. The van der Waals surface area contributed by atoms with Gasteiger partial charge >= 0.3 is 0 Å². The van der Waals surface area contributed by atoms with Crippen molar-refractivity contribution in [1.82, 2.24) is 10.2 Å². The van der Waals surface area contributed by atoms with Crippen molar-refractivity contribution in [2.24, 2.45) is 10.9 Å². The van der Waals surface area contributed by atoms with E-state index < -0.39 is 19.3 Å². The molecule has 0 aromatic heterocycles. The van der Waals surface area contributed by atoms with Gasteiger partial charge in [-0.1, -0.05) is 17.7 Å². The van der Waals surface area contributed by atoms with Gasteiger partial charge in [-0.3, -0.25) is 4.79 Å². The van der Waals surface area contributed by atoms with Gasteiger partial charge in [-0.05, 0) is 36.6 Å². The van der Waals surface area contributed by atoms with Gasteiger partial charge in [-0.25, -0.2) is 13.8 Å². The van der Waals surface area contributed by atoms with Gasteiger partial charge in [0.15, 0.2) is 6.29 Å². The fourth-order valence-electron chi connectivity index (χ4n) is 2.42. The summed E-state index contributed by atoms with van der Waals surface area (Å²) in [7, 11) is 0. The molecule has 1 aliphatic heterocycles. The van der Waals surface area contributed by atoms with Gasteiger partial charge in [0.2, 0.25) is 5.91 Å². The Morgan fingerprint density at radius 1 is 1.44 bits per heavy atom. The number of allylic oxidation sites excluding steroid dienone is 1. The molecule has 1 aliphatic carbocycles. The number of rotatable bonds is 7. The van der Waals surface area contributed by atoms with Gasteiger partial charge in [-0.2, -0.15) is 0 Å². The normalized spacial score (nSPS) is 19.4. The Balaban J connectivity index is 1.63. The lowest BCUT2D eigenvalue weighted by molar-refractivity contribution is -0.124. The van der Waals surface area contributed by atoms with Crippen molar-refractivity contribution >= 4 is 23.7 Å². The molecular formula is C17H18ClF2N3O2. The van der Waals surface area contributed by atoms with E-state index in [0.29, 0.717) is 6.54 Å². The van der Waals surface area contributed by atoms with Gasteiger partial charge in [0, 0.05) is 24.9 Å². The minimum atomic E-state index is -2.55. The second-order valence-electron chi connectivity index (χ2n) is 5.94. The molecule has 1 unspecified atom stereocenters. The largest absolute Gasteiger partial charge is 0.486 e. The summed E-state index contributed by atoms with van der Waals surface area (Å²) in [4.78, 5) is 18.1. The monoisotopic (exact) mass is 369 g/mol. The molecule has 1 heterocycles. The highest BCUT2D eigenvalue weighted by atomic mass is 35.5. The first kappa shape index (κ1) is 17.7. The Kier molecular flexibility index (Phi) is 5.53. The van der Waals surface area contributed by atoms with Gasteiger partial charge in [0.1, 0.15) is 12.4 Å². The number of carbonyl (C=O) groups excluding carboxylic acids is 1. The number of benzene rings is 1. The molecule has 1 atom stereocenters. The Bertz CT molecular complexity index is 692. The fourth-order valence-corrected chi connectivity index (χ4v) is 2.68. The van der Waals surface area contributed by atoms with E-state index in [-0.39, 0.29) is 22.6 Å². The number of nitrogens with zero attached hydrogens (tertiary/aromatic N) is 2. The van der Waals surface area contributed by atoms with E-state index in [9.17, 15) is 13.6 Å². The molecule has 134 valence electrons. The summed E-state index contributed by atoms with van der Waals surface area (Å²) in [6.45, 7) is -0.240. The minimum Gasteiger partial charge on any atom is -0.486 e. The molecule has 1 N–H and O–H groups in total. The molecule has 3 rings (SSSR count). The third-order valence-corrected chi connectivity index (χ3v) is 4.15. The van der Waals surface area contributed by atoms with E-state index in [1.54, 1.807) is 30.5 Å². The fraction of sp³-hybridized carbons (Fsp3) is 0.412. The second kappa shape index (κ2) is 7.82. The van der Waals surface area contributed by atoms with Gasteiger partial charge in [-0.15, -0.1) is 0 Å². The number of hydrogen-bond acceptors (Lipinski definition) is 4. The summed E-state index contributed by atoms with van der Waals surface area (Å²) in [6.07, 6.45) is 4.08. The highest BCUT2D eigenvalue weighted by Gasteiger charge is 2.32. The molecule has 1 aromatic carbocycles. The van der Waals surface area contributed by atoms with Gasteiger partial charge < -0.3 is 15.0 Å². The molecule has 1 amide bonds. The molecule has 0 saturated heterocycles. The zero-order valence-electron chi connectivity index (χ0n) is 13.4. The number of carbonyl (C=O) groups is 1. The number of halogens is 3. The summed E-state index contributed by atoms with van der Waals surface area (Å²) in [5, 5.41) is 3.17. The first-order valence-corrected chi connectivity index (χ1v) is 8.36. The van der Waals surface area contributed by atoms with Crippen LogP contribution in [0.25, 0.3) is 0 Å². The van der Waals surface area contributed by atoms with Crippen LogP contribution in [0.4, 0.5) is 8.78 Å². The molecule has 8 heteroatoms.